The van der Waals surface area contributed by atoms with Gasteiger partial charge in [-0.05, 0) is 18.8 Å². The SMILES string of the molecule is C=CCC(=O)C(OC)C1CCCCC1. The zero-order valence-electron chi connectivity index (χ0n) is 9.00. The van der Waals surface area contributed by atoms with Gasteiger partial charge in [0.1, 0.15) is 6.10 Å². The second kappa shape index (κ2) is 5.97. The van der Waals surface area contributed by atoms with Gasteiger partial charge < -0.3 is 4.74 Å². The summed E-state index contributed by atoms with van der Waals surface area (Å²) in [5.74, 6) is 0.635. The van der Waals surface area contributed by atoms with Gasteiger partial charge >= 0.3 is 0 Å². The summed E-state index contributed by atoms with van der Waals surface area (Å²) in [7, 11) is 1.64. The van der Waals surface area contributed by atoms with Gasteiger partial charge in [-0.3, -0.25) is 4.79 Å². The van der Waals surface area contributed by atoms with E-state index in [1.54, 1.807) is 13.2 Å². The predicted molar refractivity (Wildman–Crippen MR) is 57.2 cm³/mol. The summed E-state index contributed by atoms with van der Waals surface area (Å²) < 4.78 is 5.31. The lowest BCUT2D eigenvalue weighted by Crippen LogP contribution is -2.32. The third-order valence-corrected chi connectivity index (χ3v) is 2.99. The lowest BCUT2D eigenvalue weighted by molar-refractivity contribution is -0.131. The molecule has 2 heteroatoms. The molecule has 0 heterocycles. The molecule has 1 atom stereocenters. The fraction of sp³-hybridized carbons (Fsp3) is 0.750. The highest BCUT2D eigenvalue weighted by molar-refractivity contribution is 5.84. The molecule has 1 aliphatic carbocycles. The fourth-order valence-corrected chi connectivity index (χ4v) is 2.28. The van der Waals surface area contributed by atoms with Crippen LogP contribution in [0.2, 0.25) is 0 Å². The van der Waals surface area contributed by atoms with Crippen LogP contribution in [-0.2, 0) is 9.53 Å². The number of carbonyl (C=O) groups is 1. The van der Waals surface area contributed by atoms with Crippen LogP contribution in [0.1, 0.15) is 38.5 Å². The van der Waals surface area contributed by atoms with Crippen molar-refractivity contribution in [3.63, 3.8) is 0 Å². The third-order valence-electron chi connectivity index (χ3n) is 2.99. The molecular formula is C12H20O2. The molecule has 0 aromatic carbocycles. The van der Waals surface area contributed by atoms with Gasteiger partial charge in [0.05, 0.1) is 0 Å². The summed E-state index contributed by atoms with van der Waals surface area (Å²) in [5, 5.41) is 0. The third kappa shape index (κ3) is 2.95. The van der Waals surface area contributed by atoms with Crippen LogP contribution in [0.4, 0.5) is 0 Å². The van der Waals surface area contributed by atoms with E-state index in [9.17, 15) is 4.79 Å². The van der Waals surface area contributed by atoms with Gasteiger partial charge in [-0.15, -0.1) is 6.58 Å². The van der Waals surface area contributed by atoms with Gasteiger partial charge in [-0.2, -0.15) is 0 Å². The first kappa shape index (κ1) is 11.4. The summed E-state index contributed by atoms with van der Waals surface area (Å²) in [6.07, 6.45) is 7.99. The standard InChI is InChI=1S/C12H20O2/c1-3-7-11(13)12(14-2)10-8-5-4-6-9-10/h3,10,12H,1,4-9H2,2H3. The molecule has 0 aliphatic heterocycles. The first-order valence-electron chi connectivity index (χ1n) is 5.46. The first-order chi connectivity index (χ1) is 6.79. The highest BCUT2D eigenvalue weighted by Gasteiger charge is 2.28. The Kier molecular flexibility index (Phi) is 4.88. The lowest BCUT2D eigenvalue weighted by atomic mass is 9.83. The Hall–Kier alpha value is -0.630. The van der Waals surface area contributed by atoms with Crippen LogP contribution >= 0.6 is 0 Å². The molecule has 0 radical (unpaired) electrons. The topological polar surface area (TPSA) is 26.3 Å². The maximum atomic E-state index is 11.7. The number of hydrogen-bond acceptors (Lipinski definition) is 2. The van der Waals surface area contributed by atoms with E-state index in [0.29, 0.717) is 12.3 Å². The van der Waals surface area contributed by atoms with Gasteiger partial charge in [0.2, 0.25) is 0 Å². The molecule has 1 rings (SSSR count). The maximum absolute atomic E-state index is 11.7. The maximum Gasteiger partial charge on any atom is 0.165 e. The van der Waals surface area contributed by atoms with Crippen molar-refractivity contribution in [2.24, 2.45) is 5.92 Å². The molecule has 2 nitrogen and oxygen atoms in total. The second-order valence-corrected chi connectivity index (χ2v) is 4.01. The van der Waals surface area contributed by atoms with Gasteiger partial charge in [-0.25, -0.2) is 0 Å². The fourth-order valence-electron chi connectivity index (χ4n) is 2.28. The number of rotatable bonds is 5. The molecule has 0 aromatic heterocycles. The highest BCUT2D eigenvalue weighted by Crippen LogP contribution is 2.28. The number of carbonyl (C=O) groups excluding carboxylic acids is 1. The molecule has 0 bridgehead atoms. The van der Waals surface area contributed by atoms with E-state index in [1.165, 1.54) is 19.3 Å². The average Bonchev–Trinajstić information content (AvgIpc) is 2.21. The molecule has 80 valence electrons. The Balaban J connectivity index is 2.50. The molecule has 0 saturated heterocycles. The average molecular weight is 196 g/mol. The van der Waals surface area contributed by atoms with Crippen LogP contribution in [0, 0.1) is 5.92 Å². The van der Waals surface area contributed by atoms with E-state index in [2.05, 4.69) is 6.58 Å². The molecule has 1 fully saturated rings. The summed E-state index contributed by atoms with van der Waals surface area (Å²) in [4.78, 5) is 11.7. The van der Waals surface area contributed by atoms with Crippen LogP contribution in [0.25, 0.3) is 0 Å². The molecule has 0 aromatic rings. The number of allylic oxidation sites excluding steroid dienone is 1. The van der Waals surface area contributed by atoms with Crippen molar-refractivity contribution in [2.45, 2.75) is 44.6 Å². The van der Waals surface area contributed by atoms with Gasteiger partial charge in [-0.1, -0.05) is 25.3 Å². The van der Waals surface area contributed by atoms with E-state index in [-0.39, 0.29) is 11.9 Å². The van der Waals surface area contributed by atoms with Crippen LogP contribution in [0.5, 0.6) is 0 Å². The van der Waals surface area contributed by atoms with E-state index < -0.39 is 0 Å². The van der Waals surface area contributed by atoms with E-state index >= 15 is 0 Å². The monoisotopic (exact) mass is 196 g/mol. The van der Waals surface area contributed by atoms with Crippen molar-refractivity contribution >= 4 is 5.78 Å². The zero-order valence-corrected chi connectivity index (χ0v) is 9.00. The Morgan fingerprint density at radius 2 is 2.14 bits per heavy atom. The van der Waals surface area contributed by atoms with Crippen LogP contribution < -0.4 is 0 Å². The quantitative estimate of drug-likeness (QED) is 0.632. The number of ether oxygens (including phenoxy) is 1. The Morgan fingerprint density at radius 3 is 2.64 bits per heavy atom. The van der Waals surface area contributed by atoms with Crippen LogP contribution in [0.15, 0.2) is 12.7 Å². The molecule has 1 unspecified atom stereocenters. The van der Waals surface area contributed by atoms with Gasteiger partial charge in [0.15, 0.2) is 5.78 Å². The minimum atomic E-state index is -0.187. The molecule has 14 heavy (non-hydrogen) atoms. The van der Waals surface area contributed by atoms with E-state index in [0.717, 1.165) is 12.8 Å². The number of ketones is 1. The Labute approximate surface area is 86.3 Å². The summed E-state index contributed by atoms with van der Waals surface area (Å²) in [6.45, 7) is 3.59. The first-order valence-corrected chi connectivity index (χ1v) is 5.46. The summed E-state index contributed by atoms with van der Waals surface area (Å²) in [6, 6.07) is 0. The van der Waals surface area contributed by atoms with Gasteiger partial charge in [0.25, 0.3) is 0 Å². The van der Waals surface area contributed by atoms with Crippen molar-refractivity contribution in [3.05, 3.63) is 12.7 Å². The van der Waals surface area contributed by atoms with Crippen molar-refractivity contribution in [3.8, 4) is 0 Å². The second-order valence-electron chi connectivity index (χ2n) is 4.01. The lowest BCUT2D eigenvalue weighted by Gasteiger charge is -2.27. The highest BCUT2D eigenvalue weighted by atomic mass is 16.5. The van der Waals surface area contributed by atoms with Crippen LogP contribution in [-0.4, -0.2) is 19.0 Å². The smallest absolute Gasteiger partial charge is 0.165 e. The van der Waals surface area contributed by atoms with Crippen LogP contribution in [0.3, 0.4) is 0 Å². The van der Waals surface area contributed by atoms with Crippen molar-refractivity contribution in [2.75, 3.05) is 7.11 Å². The number of methoxy groups -OCH3 is 1. The summed E-state index contributed by atoms with van der Waals surface area (Å²) in [5.41, 5.74) is 0. The molecule has 0 amide bonds. The van der Waals surface area contributed by atoms with Crippen molar-refractivity contribution in [1.29, 1.82) is 0 Å². The molecule has 0 spiro atoms. The Bertz CT molecular complexity index is 192. The number of hydrogen-bond donors (Lipinski definition) is 0. The summed E-state index contributed by atoms with van der Waals surface area (Å²) >= 11 is 0. The van der Waals surface area contributed by atoms with E-state index in [1.807, 2.05) is 0 Å². The molecule has 1 aliphatic rings. The normalized spacial score (nSPS) is 20.4. The largest absolute Gasteiger partial charge is 0.373 e. The number of Topliss-reactive ketones (excluding diaryl/α,β-unsaturated/α-hetero) is 1. The molecule has 0 N–H and O–H groups in total. The van der Waals surface area contributed by atoms with Gasteiger partial charge in [0, 0.05) is 13.5 Å². The molecule has 1 saturated carbocycles. The van der Waals surface area contributed by atoms with E-state index in [4.69, 9.17) is 4.74 Å². The Morgan fingerprint density at radius 1 is 1.50 bits per heavy atom. The zero-order chi connectivity index (χ0) is 10.4. The minimum absolute atomic E-state index is 0.187. The molecular weight excluding hydrogens is 176 g/mol. The predicted octanol–water partition coefficient (Wildman–Crippen LogP) is 2.73. The van der Waals surface area contributed by atoms with Crippen molar-refractivity contribution in [1.82, 2.24) is 0 Å². The minimum Gasteiger partial charge on any atom is -0.373 e. The van der Waals surface area contributed by atoms with Crippen molar-refractivity contribution < 1.29 is 9.53 Å².